The molecule has 0 saturated carbocycles. The summed E-state index contributed by atoms with van der Waals surface area (Å²) in [5, 5.41) is 0. The lowest BCUT2D eigenvalue weighted by Crippen LogP contribution is -2.31. The molecule has 5 nitrogen and oxygen atoms in total. The van der Waals surface area contributed by atoms with Gasteiger partial charge in [0.2, 0.25) is 0 Å². The van der Waals surface area contributed by atoms with Crippen LogP contribution in [0.3, 0.4) is 0 Å². The molecule has 0 atom stereocenters. The first-order valence-electron chi connectivity index (χ1n) is 5.24. The van der Waals surface area contributed by atoms with Gasteiger partial charge in [0.1, 0.15) is 5.76 Å². The number of furan rings is 1. The number of carbonyl (C=O) groups excluding carboxylic acids is 1. The zero-order valence-corrected chi connectivity index (χ0v) is 9.69. The number of amides is 1. The van der Waals surface area contributed by atoms with Crippen molar-refractivity contribution in [2.45, 2.75) is 6.54 Å². The van der Waals surface area contributed by atoms with Crippen LogP contribution in [0.25, 0.3) is 0 Å². The number of nitrogens with zero attached hydrogens (tertiary/aromatic N) is 1. The van der Waals surface area contributed by atoms with Crippen LogP contribution in [-0.4, -0.2) is 23.9 Å². The van der Waals surface area contributed by atoms with Gasteiger partial charge in [-0.15, -0.1) is 13.2 Å². The number of nitrogens with one attached hydrogen (secondary N) is 1. The maximum atomic E-state index is 11.4. The highest BCUT2D eigenvalue weighted by atomic mass is 16.3. The third kappa shape index (κ3) is 3.58. The molecule has 1 rings (SSSR count). The highest BCUT2D eigenvalue weighted by molar-refractivity contribution is 5.94. The van der Waals surface area contributed by atoms with Crippen LogP contribution < -0.4 is 11.3 Å². The van der Waals surface area contributed by atoms with Crippen LogP contribution in [-0.2, 0) is 6.54 Å². The minimum atomic E-state index is -0.356. The molecule has 0 aliphatic heterocycles. The van der Waals surface area contributed by atoms with E-state index in [0.717, 1.165) is 0 Å². The van der Waals surface area contributed by atoms with E-state index in [2.05, 4.69) is 18.6 Å². The largest absolute Gasteiger partial charge is 0.467 e. The smallest absolute Gasteiger partial charge is 0.268 e. The molecule has 0 fully saturated rings. The van der Waals surface area contributed by atoms with Crippen LogP contribution >= 0.6 is 0 Å². The van der Waals surface area contributed by atoms with Gasteiger partial charge in [0.25, 0.3) is 5.91 Å². The third-order valence-electron chi connectivity index (χ3n) is 2.26. The molecule has 0 aromatic carbocycles. The standard InChI is InChI=1S/C12H17N3O2/c1-3-6-15(7-4-2)9-11-10(5-8-17-11)12(16)14-13/h3-5,8H,1-2,6-7,9,13H2,(H,14,16). The van der Waals surface area contributed by atoms with Crippen LogP contribution in [0.4, 0.5) is 0 Å². The summed E-state index contributed by atoms with van der Waals surface area (Å²) in [6, 6.07) is 1.59. The molecule has 0 bridgehead atoms. The van der Waals surface area contributed by atoms with Gasteiger partial charge in [-0.2, -0.15) is 0 Å². The Kier molecular flexibility index (Phi) is 5.19. The fraction of sp³-hybridized carbons (Fsp3) is 0.250. The summed E-state index contributed by atoms with van der Waals surface area (Å²) in [6.45, 7) is 9.25. The second-order valence-corrected chi connectivity index (χ2v) is 3.50. The first-order valence-corrected chi connectivity index (χ1v) is 5.24. The molecule has 0 radical (unpaired) electrons. The summed E-state index contributed by atoms with van der Waals surface area (Å²) in [6.07, 6.45) is 5.05. The number of rotatable bonds is 7. The van der Waals surface area contributed by atoms with E-state index >= 15 is 0 Å². The van der Waals surface area contributed by atoms with Gasteiger partial charge in [0, 0.05) is 13.1 Å². The quantitative estimate of drug-likeness (QED) is 0.321. The van der Waals surface area contributed by atoms with Gasteiger partial charge >= 0.3 is 0 Å². The van der Waals surface area contributed by atoms with Gasteiger partial charge in [0.05, 0.1) is 18.4 Å². The first kappa shape index (κ1) is 13.2. The van der Waals surface area contributed by atoms with Gasteiger partial charge in [-0.3, -0.25) is 15.1 Å². The molecule has 1 amide bonds. The Labute approximate surface area is 101 Å². The van der Waals surface area contributed by atoms with Crippen LogP contribution in [0.2, 0.25) is 0 Å². The molecule has 0 aliphatic rings. The zero-order chi connectivity index (χ0) is 12.7. The number of hydrogen-bond acceptors (Lipinski definition) is 4. The second kappa shape index (κ2) is 6.67. The van der Waals surface area contributed by atoms with Crippen LogP contribution in [0.5, 0.6) is 0 Å². The summed E-state index contributed by atoms with van der Waals surface area (Å²) in [4.78, 5) is 13.5. The lowest BCUT2D eigenvalue weighted by Gasteiger charge is -2.17. The number of hydrazine groups is 1. The number of nitrogens with two attached hydrogens (primary N) is 1. The average molecular weight is 235 g/mol. The van der Waals surface area contributed by atoms with E-state index < -0.39 is 0 Å². The van der Waals surface area contributed by atoms with E-state index in [1.807, 2.05) is 4.90 Å². The Morgan fingerprint density at radius 3 is 2.65 bits per heavy atom. The van der Waals surface area contributed by atoms with Crippen molar-refractivity contribution in [3.05, 3.63) is 49.0 Å². The average Bonchev–Trinajstić information content (AvgIpc) is 2.77. The van der Waals surface area contributed by atoms with Crippen molar-refractivity contribution in [2.24, 2.45) is 5.84 Å². The zero-order valence-electron chi connectivity index (χ0n) is 9.69. The second-order valence-electron chi connectivity index (χ2n) is 3.50. The Morgan fingerprint density at radius 2 is 2.12 bits per heavy atom. The summed E-state index contributed by atoms with van der Waals surface area (Å²) in [7, 11) is 0. The molecular formula is C12H17N3O2. The minimum absolute atomic E-state index is 0.356. The molecule has 0 spiro atoms. The van der Waals surface area contributed by atoms with E-state index in [-0.39, 0.29) is 5.91 Å². The van der Waals surface area contributed by atoms with Crippen molar-refractivity contribution in [1.29, 1.82) is 0 Å². The molecule has 17 heavy (non-hydrogen) atoms. The fourth-order valence-electron chi connectivity index (χ4n) is 1.52. The van der Waals surface area contributed by atoms with Gasteiger partial charge in [0.15, 0.2) is 0 Å². The van der Waals surface area contributed by atoms with Crippen molar-refractivity contribution in [3.8, 4) is 0 Å². The topological polar surface area (TPSA) is 71.5 Å². The molecule has 5 heteroatoms. The Morgan fingerprint density at radius 1 is 1.47 bits per heavy atom. The van der Waals surface area contributed by atoms with Crippen LogP contribution in [0, 0.1) is 0 Å². The van der Waals surface area contributed by atoms with E-state index in [0.29, 0.717) is 31.0 Å². The Balaban J connectivity index is 2.78. The van der Waals surface area contributed by atoms with Crippen molar-refractivity contribution < 1.29 is 9.21 Å². The molecular weight excluding hydrogens is 218 g/mol. The highest BCUT2D eigenvalue weighted by Gasteiger charge is 2.15. The summed E-state index contributed by atoms with van der Waals surface area (Å²) in [5.74, 6) is 5.32. The minimum Gasteiger partial charge on any atom is -0.467 e. The maximum absolute atomic E-state index is 11.4. The number of carbonyl (C=O) groups is 1. The Bertz CT molecular complexity index is 388. The van der Waals surface area contributed by atoms with Crippen molar-refractivity contribution in [1.82, 2.24) is 10.3 Å². The van der Waals surface area contributed by atoms with Gasteiger partial charge in [-0.05, 0) is 6.07 Å². The molecule has 0 aliphatic carbocycles. The first-order chi connectivity index (χ1) is 8.22. The molecule has 0 unspecified atom stereocenters. The summed E-state index contributed by atoms with van der Waals surface area (Å²) >= 11 is 0. The molecule has 3 N–H and O–H groups in total. The van der Waals surface area contributed by atoms with Crippen molar-refractivity contribution >= 4 is 5.91 Å². The third-order valence-corrected chi connectivity index (χ3v) is 2.26. The highest BCUT2D eigenvalue weighted by Crippen LogP contribution is 2.13. The number of nitrogen functional groups attached to an aromatic ring is 1. The molecule has 92 valence electrons. The lowest BCUT2D eigenvalue weighted by molar-refractivity contribution is 0.0950. The lowest BCUT2D eigenvalue weighted by atomic mass is 10.2. The van der Waals surface area contributed by atoms with Gasteiger partial charge in [-0.25, -0.2) is 5.84 Å². The predicted octanol–water partition coefficient (Wildman–Crippen LogP) is 1.06. The Hall–Kier alpha value is -1.85. The maximum Gasteiger partial charge on any atom is 0.268 e. The molecule has 1 aromatic rings. The summed E-state index contributed by atoms with van der Waals surface area (Å²) < 4.78 is 5.28. The van der Waals surface area contributed by atoms with Gasteiger partial charge < -0.3 is 4.42 Å². The number of hydrogen-bond donors (Lipinski definition) is 2. The van der Waals surface area contributed by atoms with Crippen LogP contribution in [0.1, 0.15) is 16.1 Å². The van der Waals surface area contributed by atoms with Crippen molar-refractivity contribution in [2.75, 3.05) is 13.1 Å². The van der Waals surface area contributed by atoms with Gasteiger partial charge in [-0.1, -0.05) is 12.2 Å². The van der Waals surface area contributed by atoms with Crippen molar-refractivity contribution in [3.63, 3.8) is 0 Å². The van der Waals surface area contributed by atoms with E-state index in [1.165, 1.54) is 6.26 Å². The molecule has 0 saturated heterocycles. The normalized spacial score (nSPS) is 10.2. The van der Waals surface area contributed by atoms with Crippen LogP contribution in [0.15, 0.2) is 42.1 Å². The summed E-state index contributed by atoms with van der Waals surface area (Å²) in [5.41, 5.74) is 2.54. The predicted molar refractivity (Wildman–Crippen MR) is 66.0 cm³/mol. The monoisotopic (exact) mass is 235 g/mol. The molecule has 1 heterocycles. The fourth-order valence-corrected chi connectivity index (χ4v) is 1.52. The van der Waals surface area contributed by atoms with E-state index in [9.17, 15) is 4.79 Å². The molecule has 1 aromatic heterocycles. The SMILES string of the molecule is C=CCN(CC=C)Cc1occc1C(=O)NN. The van der Waals surface area contributed by atoms with E-state index in [1.54, 1.807) is 18.2 Å². The van der Waals surface area contributed by atoms with E-state index in [4.69, 9.17) is 10.3 Å².